The Hall–Kier alpha value is -2.42. The first-order valence-corrected chi connectivity index (χ1v) is 9.29. The molecule has 2 aliphatic heterocycles. The number of aromatic nitrogens is 3. The third-order valence-corrected chi connectivity index (χ3v) is 5.66. The summed E-state index contributed by atoms with van der Waals surface area (Å²) in [5.41, 5.74) is 1.51. The molecule has 25 heavy (non-hydrogen) atoms. The number of thiazole rings is 1. The molecule has 0 saturated carbocycles. The van der Waals surface area contributed by atoms with Gasteiger partial charge in [-0.05, 0) is 19.3 Å². The van der Waals surface area contributed by atoms with Gasteiger partial charge >= 0.3 is 5.97 Å². The van der Waals surface area contributed by atoms with E-state index >= 15 is 0 Å². The van der Waals surface area contributed by atoms with Gasteiger partial charge < -0.3 is 19.9 Å². The van der Waals surface area contributed by atoms with Crippen molar-refractivity contribution in [2.24, 2.45) is 0 Å². The number of H-pyrrole nitrogens is 1. The normalized spacial score (nSPS) is 20.4. The van der Waals surface area contributed by atoms with Crippen molar-refractivity contribution in [1.29, 1.82) is 0 Å². The molecule has 0 bridgehead atoms. The highest BCUT2D eigenvalue weighted by Gasteiger charge is 2.39. The Kier molecular flexibility index (Phi) is 4.16. The molecular formula is C16H19N5O3S. The van der Waals surface area contributed by atoms with Crippen molar-refractivity contribution < 1.29 is 14.7 Å². The van der Waals surface area contributed by atoms with E-state index in [0.29, 0.717) is 24.4 Å². The monoisotopic (exact) mass is 361 g/mol. The van der Waals surface area contributed by atoms with Gasteiger partial charge in [0.2, 0.25) is 0 Å². The molecule has 0 radical (unpaired) electrons. The minimum absolute atomic E-state index is 0.316. The molecule has 2 aromatic rings. The summed E-state index contributed by atoms with van der Waals surface area (Å²) in [7, 11) is 0. The van der Waals surface area contributed by atoms with Gasteiger partial charge in [-0.2, -0.15) is 0 Å². The molecule has 1 unspecified atom stereocenters. The van der Waals surface area contributed by atoms with E-state index in [2.05, 4.69) is 19.9 Å². The van der Waals surface area contributed by atoms with Gasteiger partial charge in [0.1, 0.15) is 5.69 Å². The van der Waals surface area contributed by atoms with Crippen molar-refractivity contribution in [3.63, 3.8) is 0 Å². The van der Waals surface area contributed by atoms with Crippen LogP contribution in [0.15, 0.2) is 11.7 Å². The summed E-state index contributed by atoms with van der Waals surface area (Å²) in [5, 5.41) is 12.2. The van der Waals surface area contributed by atoms with Crippen LogP contribution in [0.2, 0.25) is 0 Å². The number of nitrogens with zero attached hydrogens (tertiary/aromatic N) is 4. The lowest BCUT2D eigenvalue weighted by Crippen LogP contribution is -2.43. The first kappa shape index (κ1) is 16.1. The number of nitrogens with one attached hydrogen (secondary N) is 1. The van der Waals surface area contributed by atoms with E-state index in [4.69, 9.17) is 0 Å². The van der Waals surface area contributed by atoms with Crippen molar-refractivity contribution in [2.75, 3.05) is 24.5 Å². The predicted molar refractivity (Wildman–Crippen MR) is 91.9 cm³/mol. The number of aliphatic carboxylic acids is 1. The van der Waals surface area contributed by atoms with Crippen LogP contribution >= 0.6 is 11.3 Å². The Morgan fingerprint density at radius 3 is 2.80 bits per heavy atom. The number of piperidine rings is 1. The van der Waals surface area contributed by atoms with Crippen molar-refractivity contribution >= 4 is 28.3 Å². The third kappa shape index (κ3) is 2.88. The van der Waals surface area contributed by atoms with Gasteiger partial charge in [-0.3, -0.25) is 4.79 Å². The smallest absolute Gasteiger partial charge is 0.332 e. The Bertz CT molecular complexity index is 795. The summed E-state index contributed by atoms with van der Waals surface area (Å²) in [4.78, 5) is 39.7. The number of aromatic amines is 1. The first-order chi connectivity index (χ1) is 12.1. The summed E-state index contributed by atoms with van der Waals surface area (Å²) in [5.74, 6) is -1.42. The molecular weight excluding hydrogens is 342 g/mol. The van der Waals surface area contributed by atoms with Gasteiger partial charge in [0.15, 0.2) is 11.2 Å². The molecule has 1 saturated heterocycles. The number of hydrogen-bond acceptors (Lipinski definition) is 6. The van der Waals surface area contributed by atoms with Crippen LogP contribution in [0.1, 0.15) is 47.2 Å². The molecule has 132 valence electrons. The lowest BCUT2D eigenvalue weighted by atomic mass is 10.0. The van der Waals surface area contributed by atoms with Crippen LogP contribution < -0.4 is 4.90 Å². The van der Waals surface area contributed by atoms with Crippen LogP contribution in [0.3, 0.4) is 0 Å². The van der Waals surface area contributed by atoms with E-state index in [-0.39, 0.29) is 5.91 Å². The molecule has 1 atom stereocenters. The maximum atomic E-state index is 12.9. The van der Waals surface area contributed by atoms with Gasteiger partial charge in [-0.15, -0.1) is 11.3 Å². The third-order valence-electron chi connectivity index (χ3n) is 4.76. The second-order valence-corrected chi connectivity index (χ2v) is 7.16. The lowest BCUT2D eigenvalue weighted by molar-refractivity contribution is -0.143. The number of rotatable bonds is 3. The quantitative estimate of drug-likeness (QED) is 0.862. The van der Waals surface area contributed by atoms with E-state index in [9.17, 15) is 14.7 Å². The van der Waals surface area contributed by atoms with Gasteiger partial charge in [0.05, 0.1) is 12.0 Å². The molecule has 2 aliphatic rings. The fourth-order valence-corrected chi connectivity index (χ4v) is 4.34. The van der Waals surface area contributed by atoms with E-state index < -0.39 is 12.0 Å². The lowest BCUT2D eigenvalue weighted by Gasteiger charge is -2.31. The molecule has 1 amide bonds. The highest BCUT2D eigenvalue weighted by atomic mass is 32.1. The van der Waals surface area contributed by atoms with Crippen molar-refractivity contribution in [3.8, 4) is 0 Å². The number of hydrogen-bond donors (Lipinski definition) is 2. The summed E-state index contributed by atoms with van der Waals surface area (Å²) in [6.07, 6.45) is 5.55. The number of carboxylic acid groups (broad SMARTS) is 1. The molecule has 4 heterocycles. The zero-order valence-corrected chi connectivity index (χ0v) is 14.5. The number of fused-ring (bicyclic) bond motifs is 1. The Balaban J connectivity index is 1.58. The first-order valence-electron chi connectivity index (χ1n) is 8.41. The van der Waals surface area contributed by atoms with Gasteiger partial charge in [0.25, 0.3) is 5.91 Å². The molecule has 0 spiro atoms. The number of imidazole rings is 1. The van der Waals surface area contributed by atoms with E-state index in [1.165, 1.54) is 29.0 Å². The SMILES string of the molecule is O=C(O)C1c2nc[nH]c2CCN1C(=O)c1csc(N2CCCCC2)n1. The molecule has 0 aromatic carbocycles. The second-order valence-electron chi connectivity index (χ2n) is 6.32. The Morgan fingerprint density at radius 1 is 1.24 bits per heavy atom. The molecule has 8 nitrogen and oxygen atoms in total. The molecule has 4 rings (SSSR count). The maximum absolute atomic E-state index is 12.9. The summed E-state index contributed by atoms with van der Waals surface area (Å²) >= 11 is 1.44. The topological polar surface area (TPSA) is 102 Å². The van der Waals surface area contributed by atoms with Gasteiger partial charge in [-0.25, -0.2) is 14.8 Å². The van der Waals surface area contributed by atoms with Crippen LogP contribution in [-0.4, -0.2) is 56.5 Å². The van der Waals surface area contributed by atoms with Crippen LogP contribution in [0.4, 0.5) is 5.13 Å². The Labute approximate surface area is 148 Å². The summed E-state index contributed by atoms with van der Waals surface area (Å²) in [6, 6.07) is -1.07. The largest absolute Gasteiger partial charge is 0.479 e. The minimum atomic E-state index is -1.08. The van der Waals surface area contributed by atoms with E-state index in [1.54, 1.807) is 5.38 Å². The number of anilines is 1. The summed E-state index contributed by atoms with van der Waals surface area (Å²) < 4.78 is 0. The highest BCUT2D eigenvalue weighted by molar-refractivity contribution is 7.13. The number of amides is 1. The zero-order valence-electron chi connectivity index (χ0n) is 13.6. The Morgan fingerprint density at radius 2 is 2.04 bits per heavy atom. The molecule has 1 fully saturated rings. The standard InChI is InChI=1S/C16H19N5O3S/c22-14(11-8-25-16(19-11)20-5-2-1-3-6-20)21-7-4-10-12(18-9-17-10)13(21)15(23)24/h8-9,13H,1-7H2,(H,17,18)(H,23,24). The van der Waals surface area contributed by atoms with Gasteiger partial charge in [-0.1, -0.05) is 0 Å². The second kappa shape index (κ2) is 6.47. The van der Waals surface area contributed by atoms with Crippen LogP contribution in [0, 0.1) is 0 Å². The molecule has 9 heteroatoms. The number of carbonyl (C=O) groups is 2. The van der Waals surface area contributed by atoms with Crippen molar-refractivity contribution in [3.05, 3.63) is 28.8 Å². The average molecular weight is 361 g/mol. The minimum Gasteiger partial charge on any atom is -0.479 e. The number of carbonyl (C=O) groups excluding carboxylic acids is 1. The molecule has 2 aromatic heterocycles. The highest BCUT2D eigenvalue weighted by Crippen LogP contribution is 2.30. The van der Waals surface area contributed by atoms with Gasteiger partial charge in [0, 0.05) is 37.1 Å². The maximum Gasteiger partial charge on any atom is 0.332 e. The van der Waals surface area contributed by atoms with E-state index in [1.807, 2.05) is 0 Å². The van der Waals surface area contributed by atoms with Crippen LogP contribution in [0.5, 0.6) is 0 Å². The fourth-order valence-electron chi connectivity index (χ4n) is 3.49. The summed E-state index contributed by atoms with van der Waals surface area (Å²) in [6.45, 7) is 2.25. The van der Waals surface area contributed by atoms with Crippen LogP contribution in [0.25, 0.3) is 0 Å². The van der Waals surface area contributed by atoms with Crippen molar-refractivity contribution in [1.82, 2.24) is 19.9 Å². The molecule has 0 aliphatic carbocycles. The number of carboxylic acids is 1. The average Bonchev–Trinajstić information content (AvgIpc) is 3.30. The van der Waals surface area contributed by atoms with E-state index in [0.717, 1.165) is 36.8 Å². The van der Waals surface area contributed by atoms with Crippen molar-refractivity contribution in [2.45, 2.75) is 31.7 Å². The van der Waals surface area contributed by atoms with Crippen LogP contribution in [-0.2, 0) is 11.2 Å². The predicted octanol–water partition coefficient (Wildman–Crippen LogP) is 1.68. The fraction of sp³-hybridized carbons (Fsp3) is 0.500. The zero-order chi connectivity index (χ0) is 17.4. The molecule has 2 N–H and O–H groups in total.